The van der Waals surface area contributed by atoms with E-state index in [4.69, 9.17) is 5.84 Å². The molecular formula is C11H19N5. The van der Waals surface area contributed by atoms with E-state index in [0.29, 0.717) is 11.7 Å². The number of fused-ring (bicyclic) bond motifs is 1. The number of nitrogens with two attached hydrogens (primary N) is 1. The first-order chi connectivity index (χ1) is 7.69. The van der Waals surface area contributed by atoms with Gasteiger partial charge in [-0.1, -0.05) is 13.8 Å². The van der Waals surface area contributed by atoms with Gasteiger partial charge in [-0.15, -0.1) is 5.10 Å². The third kappa shape index (κ3) is 2.48. The van der Waals surface area contributed by atoms with Crippen LogP contribution in [0.3, 0.4) is 0 Å². The average Bonchev–Trinajstić information content (AvgIpc) is 2.27. The Balaban J connectivity index is 2.12. The minimum atomic E-state index is 0.644. The molecule has 0 unspecified atom stereocenters. The van der Waals surface area contributed by atoms with E-state index in [1.807, 2.05) is 6.07 Å². The molecule has 16 heavy (non-hydrogen) atoms. The summed E-state index contributed by atoms with van der Waals surface area (Å²) in [7, 11) is 0. The van der Waals surface area contributed by atoms with E-state index in [1.165, 1.54) is 5.56 Å². The lowest BCUT2D eigenvalue weighted by atomic mass is 10.1. The largest absolute Gasteiger partial charge is 0.307 e. The molecule has 88 valence electrons. The van der Waals surface area contributed by atoms with Crippen LogP contribution in [0.25, 0.3) is 0 Å². The number of hydrogen-bond acceptors (Lipinski definition) is 5. The first-order valence-corrected chi connectivity index (χ1v) is 5.73. The van der Waals surface area contributed by atoms with E-state index in [-0.39, 0.29) is 0 Å². The number of hydrazine groups is 1. The molecule has 0 spiro atoms. The second-order valence-corrected chi connectivity index (χ2v) is 4.72. The Morgan fingerprint density at radius 3 is 3.00 bits per heavy atom. The van der Waals surface area contributed by atoms with Gasteiger partial charge in [-0.2, -0.15) is 5.10 Å². The zero-order chi connectivity index (χ0) is 11.5. The normalized spacial score (nSPS) is 16.2. The number of rotatable bonds is 3. The summed E-state index contributed by atoms with van der Waals surface area (Å²) in [6, 6.07) is 1.99. The highest BCUT2D eigenvalue weighted by molar-refractivity contribution is 5.37. The van der Waals surface area contributed by atoms with Crippen molar-refractivity contribution in [3.63, 3.8) is 0 Å². The maximum Gasteiger partial charge on any atom is 0.162 e. The van der Waals surface area contributed by atoms with Crippen LogP contribution in [0, 0.1) is 5.92 Å². The van der Waals surface area contributed by atoms with Crippen LogP contribution in [0.2, 0.25) is 0 Å². The summed E-state index contributed by atoms with van der Waals surface area (Å²) >= 11 is 0. The zero-order valence-electron chi connectivity index (χ0n) is 9.90. The Morgan fingerprint density at radius 2 is 2.31 bits per heavy atom. The fraction of sp³-hybridized carbons (Fsp3) is 0.636. The monoisotopic (exact) mass is 221 g/mol. The highest BCUT2D eigenvalue weighted by atomic mass is 15.3. The quantitative estimate of drug-likeness (QED) is 0.583. The van der Waals surface area contributed by atoms with Crippen molar-refractivity contribution >= 4 is 5.82 Å². The van der Waals surface area contributed by atoms with Crippen LogP contribution in [0.4, 0.5) is 5.82 Å². The Kier molecular flexibility index (Phi) is 3.36. The summed E-state index contributed by atoms with van der Waals surface area (Å²) in [5.41, 5.74) is 4.90. The van der Waals surface area contributed by atoms with Crippen LogP contribution in [-0.2, 0) is 13.0 Å². The van der Waals surface area contributed by atoms with E-state index < -0.39 is 0 Å². The maximum absolute atomic E-state index is 5.33. The molecular weight excluding hydrogens is 202 g/mol. The van der Waals surface area contributed by atoms with Gasteiger partial charge in [-0.25, -0.2) is 5.84 Å². The number of hydrogen-bond donors (Lipinski definition) is 2. The molecule has 0 bridgehead atoms. The Bertz CT molecular complexity index is 363. The van der Waals surface area contributed by atoms with Gasteiger partial charge in [-0.05, 0) is 17.5 Å². The average molecular weight is 221 g/mol. The van der Waals surface area contributed by atoms with Crippen molar-refractivity contribution in [3.8, 4) is 0 Å². The zero-order valence-corrected chi connectivity index (χ0v) is 9.90. The topological polar surface area (TPSA) is 67.1 Å². The van der Waals surface area contributed by atoms with Gasteiger partial charge in [0, 0.05) is 26.1 Å². The molecule has 0 amide bonds. The van der Waals surface area contributed by atoms with Crippen LogP contribution in [0.5, 0.6) is 0 Å². The van der Waals surface area contributed by atoms with E-state index in [9.17, 15) is 0 Å². The SMILES string of the molecule is CC(C)CN1CCc2nnc(NN)cc2C1. The Hall–Kier alpha value is -1.20. The first kappa shape index (κ1) is 11.3. The second-order valence-electron chi connectivity index (χ2n) is 4.72. The molecule has 1 aliphatic rings. The highest BCUT2D eigenvalue weighted by Crippen LogP contribution is 2.19. The Morgan fingerprint density at radius 1 is 1.50 bits per heavy atom. The summed E-state index contributed by atoms with van der Waals surface area (Å²) in [5.74, 6) is 6.67. The molecule has 0 atom stereocenters. The van der Waals surface area contributed by atoms with Gasteiger partial charge in [0.1, 0.15) is 0 Å². The lowest BCUT2D eigenvalue weighted by molar-refractivity contribution is 0.224. The van der Waals surface area contributed by atoms with Crippen molar-refractivity contribution in [3.05, 3.63) is 17.3 Å². The minimum absolute atomic E-state index is 0.644. The highest BCUT2D eigenvalue weighted by Gasteiger charge is 2.18. The van der Waals surface area contributed by atoms with Gasteiger partial charge in [0.15, 0.2) is 5.82 Å². The molecule has 0 saturated heterocycles. The minimum Gasteiger partial charge on any atom is -0.307 e. The molecule has 5 heteroatoms. The summed E-state index contributed by atoms with van der Waals surface area (Å²) in [5, 5.41) is 8.18. The molecule has 2 heterocycles. The van der Waals surface area contributed by atoms with Crippen LogP contribution < -0.4 is 11.3 Å². The molecule has 1 aromatic rings. The van der Waals surface area contributed by atoms with E-state index in [0.717, 1.165) is 31.7 Å². The summed E-state index contributed by atoms with van der Waals surface area (Å²) in [6.45, 7) is 7.65. The number of nitrogens with zero attached hydrogens (tertiary/aromatic N) is 3. The molecule has 1 aromatic heterocycles. The lowest BCUT2D eigenvalue weighted by Gasteiger charge is -2.29. The van der Waals surface area contributed by atoms with E-state index in [1.54, 1.807) is 0 Å². The van der Waals surface area contributed by atoms with Crippen LogP contribution in [0.15, 0.2) is 6.07 Å². The molecule has 0 aromatic carbocycles. The summed E-state index contributed by atoms with van der Waals surface area (Å²) < 4.78 is 0. The van der Waals surface area contributed by atoms with Crippen molar-refractivity contribution in [1.82, 2.24) is 15.1 Å². The van der Waals surface area contributed by atoms with Crippen molar-refractivity contribution < 1.29 is 0 Å². The van der Waals surface area contributed by atoms with Gasteiger partial charge in [0.25, 0.3) is 0 Å². The molecule has 0 radical (unpaired) electrons. The van der Waals surface area contributed by atoms with Gasteiger partial charge in [0.2, 0.25) is 0 Å². The van der Waals surface area contributed by atoms with Crippen LogP contribution in [-0.4, -0.2) is 28.2 Å². The fourth-order valence-electron chi connectivity index (χ4n) is 2.13. The number of anilines is 1. The number of aromatic nitrogens is 2. The summed E-state index contributed by atoms with van der Waals surface area (Å²) in [4.78, 5) is 2.45. The smallest absolute Gasteiger partial charge is 0.162 e. The van der Waals surface area contributed by atoms with Gasteiger partial charge in [0.05, 0.1) is 5.69 Å². The molecule has 1 aliphatic heterocycles. The van der Waals surface area contributed by atoms with Crippen molar-refractivity contribution in [1.29, 1.82) is 0 Å². The standard InChI is InChI=1S/C11H19N5/c1-8(2)6-16-4-3-10-9(7-16)5-11(13-12)15-14-10/h5,8H,3-4,6-7,12H2,1-2H3,(H,13,15). The fourth-order valence-corrected chi connectivity index (χ4v) is 2.13. The molecule has 0 aliphatic carbocycles. The van der Waals surface area contributed by atoms with Crippen LogP contribution >= 0.6 is 0 Å². The van der Waals surface area contributed by atoms with Crippen molar-refractivity contribution in [2.45, 2.75) is 26.8 Å². The molecule has 3 N–H and O–H groups in total. The van der Waals surface area contributed by atoms with Crippen molar-refractivity contribution in [2.75, 3.05) is 18.5 Å². The second kappa shape index (κ2) is 4.76. The first-order valence-electron chi connectivity index (χ1n) is 5.73. The Labute approximate surface area is 96.0 Å². The third-order valence-electron chi connectivity index (χ3n) is 2.79. The van der Waals surface area contributed by atoms with Gasteiger partial charge < -0.3 is 5.43 Å². The maximum atomic E-state index is 5.33. The molecule has 5 nitrogen and oxygen atoms in total. The predicted octanol–water partition coefficient (Wildman–Crippen LogP) is 0.776. The number of nitrogen functional groups attached to an aromatic ring is 1. The third-order valence-corrected chi connectivity index (χ3v) is 2.79. The lowest BCUT2D eigenvalue weighted by Crippen LogP contribution is -2.34. The van der Waals surface area contributed by atoms with Gasteiger partial charge in [-0.3, -0.25) is 4.90 Å². The van der Waals surface area contributed by atoms with Crippen LogP contribution in [0.1, 0.15) is 25.1 Å². The van der Waals surface area contributed by atoms with E-state index >= 15 is 0 Å². The van der Waals surface area contributed by atoms with E-state index in [2.05, 4.69) is 34.4 Å². The molecule has 0 saturated carbocycles. The molecule has 2 rings (SSSR count). The molecule has 0 fully saturated rings. The van der Waals surface area contributed by atoms with Gasteiger partial charge >= 0.3 is 0 Å². The number of nitrogens with one attached hydrogen (secondary N) is 1. The van der Waals surface area contributed by atoms with Crippen molar-refractivity contribution in [2.24, 2.45) is 11.8 Å². The summed E-state index contributed by atoms with van der Waals surface area (Å²) in [6.07, 6.45) is 0.986. The predicted molar refractivity (Wildman–Crippen MR) is 63.7 cm³/mol.